The Hall–Kier alpha value is -6.29. The molecule has 0 unspecified atom stereocenters. The molecular formula is C41H48N10O6. The smallest absolute Gasteiger partial charge is 0.407 e. The summed E-state index contributed by atoms with van der Waals surface area (Å²) in [5.41, 5.74) is 5.80. The van der Waals surface area contributed by atoms with E-state index in [-0.39, 0.29) is 36.4 Å². The van der Waals surface area contributed by atoms with Crippen molar-refractivity contribution in [3.8, 4) is 33.6 Å². The molecule has 3 aromatic heterocycles. The molecule has 2 aromatic carbocycles. The maximum atomic E-state index is 13.8. The molecule has 3 N–H and O–H groups in total. The number of carbonyl (C=O) groups is 3. The Bertz CT molecular complexity index is 2140. The van der Waals surface area contributed by atoms with Crippen LogP contribution in [0, 0.1) is 5.92 Å². The van der Waals surface area contributed by atoms with E-state index in [0.29, 0.717) is 18.9 Å². The Labute approximate surface area is 330 Å². The zero-order valence-electron chi connectivity index (χ0n) is 32.5. The minimum Gasteiger partial charge on any atom is -0.453 e. The van der Waals surface area contributed by atoms with E-state index in [2.05, 4.69) is 71.6 Å². The summed E-state index contributed by atoms with van der Waals surface area (Å²) in [5, 5.41) is 6.88. The van der Waals surface area contributed by atoms with E-state index >= 15 is 0 Å². The second kappa shape index (κ2) is 17.7. The molecule has 2 aliphatic heterocycles. The summed E-state index contributed by atoms with van der Waals surface area (Å²) in [6.07, 6.45) is 10.8. The molecule has 2 saturated heterocycles. The van der Waals surface area contributed by atoms with Gasteiger partial charge in [0.05, 0.1) is 56.6 Å². The predicted octanol–water partition coefficient (Wildman–Crippen LogP) is 5.71. The number of imidazole rings is 2. The number of hydrogen-bond acceptors (Lipinski definition) is 10. The van der Waals surface area contributed by atoms with E-state index in [0.717, 1.165) is 65.1 Å². The Balaban J connectivity index is 0.997. The topological polar surface area (TPSA) is 185 Å². The van der Waals surface area contributed by atoms with Gasteiger partial charge in [-0.15, -0.1) is 0 Å². The van der Waals surface area contributed by atoms with Gasteiger partial charge in [-0.05, 0) is 59.9 Å². The number of aliphatic imine (C=N–C) groups is 1. The maximum absolute atomic E-state index is 13.8. The van der Waals surface area contributed by atoms with Crippen molar-refractivity contribution >= 4 is 24.3 Å². The molecule has 5 heterocycles. The first-order valence-electron chi connectivity index (χ1n) is 19.2. The molecule has 4 atom stereocenters. The average Bonchev–Trinajstić information content (AvgIpc) is 4.08. The first-order chi connectivity index (χ1) is 27.7. The number of H-pyrrole nitrogens is 2. The lowest BCUT2D eigenvalue weighted by atomic mass is 10.0. The van der Waals surface area contributed by atoms with E-state index in [1.807, 2.05) is 37.1 Å². The molecule has 0 aliphatic carbocycles. The van der Waals surface area contributed by atoms with Gasteiger partial charge in [-0.2, -0.15) is 9.99 Å². The molecule has 16 nitrogen and oxygen atoms in total. The summed E-state index contributed by atoms with van der Waals surface area (Å²) in [4.78, 5) is 73.1. The summed E-state index contributed by atoms with van der Waals surface area (Å²) in [5.74, 6) is 1.17. The van der Waals surface area contributed by atoms with E-state index in [1.165, 1.54) is 20.6 Å². The summed E-state index contributed by atoms with van der Waals surface area (Å²) in [6.45, 7) is 5.29. The van der Waals surface area contributed by atoms with Crippen molar-refractivity contribution in [2.75, 3.05) is 27.3 Å². The largest absolute Gasteiger partial charge is 0.453 e. The minimum absolute atomic E-state index is 0.0136. The SMILES string of the molecule is COOC=N[C@H](C(=O)N1CCC[C@H]1c1ncc(-c2ccc(-c3ccc(-c4cnc([C@@H]5CCCN5C(=O)[C@@H](Cn5cccn5)NC(=O)OC)[nH]4)cc3)cc2)[nH]1)C(C)C. The number of likely N-dealkylation sites (tertiary alicyclic amines) is 2. The van der Waals surface area contributed by atoms with E-state index in [4.69, 9.17) is 14.6 Å². The number of hydrogen-bond donors (Lipinski definition) is 3. The Morgan fingerprint density at radius 3 is 1.88 bits per heavy atom. The fourth-order valence-corrected chi connectivity index (χ4v) is 7.63. The molecule has 2 fully saturated rings. The number of benzene rings is 2. The Kier molecular flexibility index (Phi) is 12.1. The second-order valence-corrected chi connectivity index (χ2v) is 14.5. The quantitative estimate of drug-likeness (QED) is 0.0550. The van der Waals surface area contributed by atoms with Crippen LogP contribution in [-0.2, 0) is 30.6 Å². The molecule has 5 aromatic rings. The van der Waals surface area contributed by atoms with Crippen LogP contribution in [0.4, 0.5) is 4.79 Å². The van der Waals surface area contributed by atoms with E-state index in [9.17, 15) is 14.4 Å². The summed E-state index contributed by atoms with van der Waals surface area (Å²) >= 11 is 0. The van der Waals surface area contributed by atoms with Gasteiger partial charge in [0.1, 0.15) is 23.7 Å². The highest BCUT2D eigenvalue weighted by Gasteiger charge is 2.38. The fraction of sp³-hybridized carbons (Fsp3) is 0.390. The fourth-order valence-electron chi connectivity index (χ4n) is 7.63. The first-order valence-corrected chi connectivity index (χ1v) is 19.2. The van der Waals surface area contributed by atoms with Gasteiger partial charge in [-0.3, -0.25) is 14.3 Å². The van der Waals surface area contributed by atoms with Crippen molar-refractivity contribution < 1.29 is 28.9 Å². The maximum Gasteiger partial charge on any atom is 0.407 e. The number of methoxy groups -OCH3 is 1. The Morgan fingerprint density at radius 1 is 0.842 bits per heavy atom. The molecule has 0 spiro atoms. The number of aromatic nitrogens is 6. The second-order valence-electron chi connectivity index (χ2n) is 14.5. The van der Waals surface area contributed by atoms with Crippen molar-refractivity contribution in [2.45, 2.75) is 70.2 Å². The number of ether oxygens (including phenoxy) is 1. The van der Waals surface area contributed by atoms with Crippen LogP contribution in [0.25, 0.3) is 33.6 Å². The molecule has 0 bridgehead atoms. The molecule has 0 saturated carbocycles. The van der Waals surface area contributed by atoms with Gasteiger partial charge in [-0.1, -0.05) is 62.4 Å². The van der Waals surface area contributed by atoms with Gasteiger partial charge in [-0.25, -0.2) is 19.8 Å². The Morgan fingerprint density at radius 2 is 1.39 bits per heavy atom. The number of nitrogens with zero attached hydrogens (tertiary/aromatic N) is 7. The van der Waals surface area contributed by atoms with Gasteiger partial charge in [0, 0.05) is 25.5 Å². The predicted molar refractivity (Wildman–Crippen MR) is 211 cm³/mol. The van der Waals surface area contributed by atoms with Crippen LogP contribution in [0.1, 0.15) is 63.3 Å². The number of amides is 3. The summed E-state index contributed by atoms with van der Waals surface area (Å²) < 4.78 is 6.40. The van der Waals surface area contributed by atoms with Crippen LogP contribution < -0.4 is 5.32 Å². The number of nitrogens with one attached hydrogen (secondary N) is 3. The summed E-state index contributed by atoms with van der Waals surface area (Å²) in [6, 6.07) is 16.5. The molecule has 7 rings (SSSR count). The minimum atomic E-state index is -0.849. The van der Waals surface area contributed by atoms with Crippen molar-refractivity contribution in [3.05, 3.63) is 91.0 Å². The normalized spacial score (nSPS) is 18.0. The van der Waals surface area contributed by atoms with Crippen molar-refractivity contribution in [1.82, 2.24) is 44.8 Å². The number of carbonyl (C=O) groups excluding carboxylic acids is 3. The highest BCUT2D eigenvalue weighted by atomic mass is 17.2. The van der Waals surface area contributed by atoms with Gasteiger partial charge in [0.2, 0.25) is 18.2 Å². The van der Waals surface area contributed by atoms with Crippen molar-refractivity contribution in [2.24, 2.45) is 10.9 Å². The van der Waals surface area contributed by atoms with Crippen LogP contribution in [0.15, 0.2) is 84.4 Å². The number of rotatable bonds is 14. The van der Waals surface area contributed by atoms with Gasteiger partial charge >= 0.3 is 6.09 Å². The van der Waals surface area contributed by atoms with Crippen LogP contribution in [0.5, 0.6) is 0 Å². The third-order valence-corrected chi connectivity index (χ3v) is 10.6. The average molecular weight is 777 g/mol. The molecule has 298 valence electrons. The van der Waals surface area contributed by atoms with Crippen LogP contribution in [0.3, 0.4) is 0 Å². The van der Waals surface area contributed by atoms with Crippen LogP contribution in [0.2, 0.25) is 0 Å². The van der Waals surface area contributed by atoms with Gasteiger partial charge in [0.25, 0.3) is 0 Å². The van der Waals surface area contributed by atoms with Crippen LogP contribution in [-0.4, -0.2) is 103 Å². The molecule has 0 radical (unpaired) electrons. The zero-order valence-corrected chi connectivity index (χ0v) is 32.5. The van der Waals surface area contributed by atoms with Crippen LogP contribution >= 0.6 is 0 Å². The zero-order chi connectivity index (χ0) is 39.9. The lowest BCUT2D eigenvalue weighted by molar-refractivity contribution is -0.188. The number of alkyl carbamates (subject to hydrolysis) is 1. The standard InChI is InChI=1S/C41H48N10O6/c1-26(2)36(44-25-57-56-4)40(53)51-21-6-9-35(51)38-43-23-32(47-38)30-16-12-28(13-17-30)27-10-14-29(15-11-27)31-22-42-37(46-31)34-8-5-20-50(34)39(52)33(48-41(54)55-3)24-49-19-7-18-45-49/h7,10-19,22-23,25-26,33-36H,5-6,8-9,20-21,24H2,1-4H3,(H,42,46)(H,43,47)(H,48,54)/t33-,34+,35+,36+/m1/s1. The lowest BCUT2D eigenvalue weighted by Crippen LogP contribution is -2.50. The lowest BCUT2D eigenvalue weighted by Gasteiger charge is -2.28. The first kappa shape index (κ1) is 39.0. The van der Waals surface area contributed by atoms with Crippen molar-refractivity contribution in [1.29, 1.82) is 0 Å². The highest BCUT2D eigenvalue weighted by molar-refractivity contribution is 5.86. The third-order valence-electron chi connectivity index (χ3n) is 10.6. The molecule has 57 heavy (non-hydrogen) atoms. The monoisotopic (exact) mass is 776 g/mol. The number of aromatic amines is 2. The van der Waals surface area contributed by atoms with Gasteiger partial charge in [0.15, 0.2) is 0 Å². The van der Waals surface area contributed by atoms with E-state index < -0.39 is 18.2 Å². The van der Waals surface area contributed by atoms with Gasteiger partial charge < -0.3 is 34.7 Å². The third kappa shape index (κ3) is 8.75. The molecule has 2 aliphatic rings. The molecule has 3 amide bonds. The highest BCUT2D eigenvalue weighted by Crippen LogP contribution is 2.35. The molecular weight excluding hydrogens is 729 g/mol. The molecule has 16 heteroatoms. The van der Waals surface area contributed by atoms with E-state index in [1.54, 1.807) is 34.2 Å². The summed E-state index contributed by atoms with van der Waals surface area (Å²) in [7, 11) is 2.66. The van der Waals surface area contributed by atoms with Crippen molar-refractivity contribution in [3.63, 3.8) is 0 Å².